The minimum atomic E-state index is -2.36. The largest absolute Gasteiger partial charge is 0.392 e. The number of hydrogen-bond donors (Lipinski definition) is 0. The summed E-state index contributed by atoms with van der Waals surface area (Å²) in [5.41, 5.74) is -0.440. The van der Waals surface area contributed by atoms with Gasteiger partial charge in [-0.05, 0) is 94.4 Å². The van der Waals surface area contributed by atoms with E-state index in [1.54, 1.807) is 0 Å². The molecule has 0 unspecified atom stereocenters. The Morgan fingerprint density at radius 1 is 0.625 bits per heavy atom. The molecule has 0 rings (SSSR count). The van der Waals surface area contributed by atoms with Gasteiger partial charge in [-0.3, -0.25) is 0 Å². The minimum absolute atomic E-state index is 0.167. The van der Waals surface area contributed by atoms with Crippen molar-refractivity contribution in [3.8, 4) is 0 Å². The molecule has 0 amide bonds. The van der Waals surface area contributed by atoms with Crippen molar-refractivity contribution in [2.75, 3.05) is 0 Å². The van der Waals surface area contributed by atoms with E-state index in [1.807, 2.05) is 0 Å². The van der Waals surface area contributed by atoms with Gasteiger partial charge in [0.15, 0.2) is 0 Å². The van der Waals surface area contributed by atoms with E-state index in [9.17, 15) is 0 Å². The van der Waals surface area contributed by atoms with Gasteiger partial charge in [-0.2, -0.15) is 0 Å². The van der Waals surface area contributed by atoms with E-state index < -0.39 is 17.1 Å². The van der Waals surface area contributed by atoms with Crippen LogP contribution in [0.25, 0.3) is 0 Å². The molecular weight excluding hydrogens is 336 g/mol. The van der Waals surface area contributed by atoms with Gasteiger partial charge < -0.3 is 17.7 Å². The van der Waals surface area contributed by atoms with Crippen molar-refractivity contribution in [2.45, 2.75) is 118 Å². The molecule has 0 spiro atoms. The lowest BCUT2D eigenvalue weighted by molar-refractivity contribution is 0.0173. The van der Waals surface area contributed by atoms with Gasteiger partial charge in [0.2, 0.25) is 0 Å². The maximum absolute atomic E-state index is 6.43. The Morgan fingerprint density at radius 2 is 0.917 bits per heavy atom. The predicted molar refractivity (Wildman–Crippen MR) is 107 cm³/mol. The minimum Gasteiger partial charge on any atom is -0.392 e. The molecule has 0 aromatic heterocycles. The molecule has 0 heterocycles. The molecule has 4 nitrogen and oxygen atoms in total. The summed E-state index contributed by atoms with van der Waals surface area (Å²) in [6.07, 6.45) is 0.334. The second kappa shape index (κ2) is 8.78. The third-order valence-electron chi connectivity index (χ3n) is 3.05. The fraction of sp³-hybridized carbons (Fsp3) is 1.00. The molecule has 6 heteroatoms. The molecule has 0 aliphatic heterocycles. The Hall–Kier alpha value is 0.274. The standard InChI is InChI=1S/C18H42O4Si2/c1-15(2)19-23(11,20-16(3)4)13-14-24(12,21-17(5,6)7)22-18(8,9)10/h15-16H,13-14H2,1-12H3. The SMILES string of the molecule is CC(C)O[Si](C)(CC[Si](C)(OC(C)(C)C)OC(C)(C)C)OC(C)C. The quantitative estimate of drug-likeness (QED) is 0.489. The molecule has 0 saturated carbocycles. The van der Waals surface area contributed by atoms with Crippen molar-refractivity contribution in [1.82, 2.24) is 0 Å². The van der Waals surface area contributed by atoms with Crippen molar-refractivity contribution in [1.29, 1.82) is 0 Å². The first kappa shape index (κ1) is 24.3. The normalized spacial score (nSPS) is 14.8. The van der Waals surface area contributed by atoms with Crippen molar-refractivity contribution >= 4 is 17.1 Å². The lowest BCUT2D eigenvalue weighted by atomic mass is 10.2. The highest BCUT2D eigenvalue weighted by Crippen LogP contribution is 2.31. The van der Waals surface area contributed by atoms with Crippen LogP contribution in [0, 0.1) is 0 Å². The summed E-state index contributed by atoms with van der Waals surface area (Å²) in [5, 5.41) is 0. The summed E-state index contributed by atoms with van der Waals surface area (Å²) in [6, 6.07) is 1.77. The number of hydrogen-bond acceptors (Lipinski definition) is 4. The first-order valence-electron chi connectivity index (χ1n) is 9.21. The van der Waals surface area contributed by atoms with Crippen LogP contribution in [0.3, 0.4) is 0 Å². The highest BCUT2D eigenvalue weighted by Gasteiger charge is 2.44. The molecule has 0 aliphatic rings. The molecule has 0 aromatic carbocycles. The van der Waals surface area contributed by atoms with Crippen molar-refractivity contribution in [2.24, 2.45) is 0 Å². The lowest BCUT2D eigenvalue weighted by Crippen LogP contribution is -2.52. The zero-order valence-electron chi connectivity index (χ0n) is 18.2. The van der Waals surface area contributed by atoms with Crippen LogP contribution in [0.5, 0.6) is 0 Å². The summed E-state index contributed by atoms with van der Waals surface area (Å²) in [6.45, 7) is 25.2. The van der Waals surface area contributed by atoms with Gasteiger partial charge >= 0.3 is 17.1 Å². The van der Waals surface area contributed by atoms with Crippen LogP contribution in [-0.4, -0.2) is 40.5 Å². The summed E-state index contributed by atoms with van der Waals surface area (Å²) < 4.78 is 25.3. The van der Waals surface area contributed by atoms with E-state index >= 15 is 0 Å². The molecule has 0 saturated heterocycles. The maximum Gasteiger partial charge on any atom is 0.335 e. The second-order valence-corrected chi connectivity index (χ2v) is 15.9. The van der Waals surface area contributed by atoms with Gasteiger partial charge in [0.25, 0.3) is 0 Å². The molecule has 0 radical (unpaired) electrons. The monoisotopic (exact) mass is 378 g/mol. The van der Waals surface area contributed by atoms with Crippen LogP contribution in [-0.2, 0) is 17.7 Å². The molecule has 146 valence electrons. The number of rotatable bonds is 9. The highest BCUT2D eigenvalue weighted by atomic mass is 28.4. The van der Waals surface area contributed by atoms with E-state index in [0.29, 0.717) is 0 Å². The van der Waals surface area contributed by atoms with E-state index in [1.165, 1.54) is 0 Å². The van der Waals surface area contributed by atoms with E-state index in [0.717, 1.165) is 12.1 Å². The molecule has 0 aliphatic carbocycles. The van der Waals surface area contributed by atoms with Crippen LogP contribution in [0.2, 0.25) is 25.2 Å². The average molecular weight is 379 g/mol. The van der Waals surface area contributed by atoms with Gasteiger partial charge in [-0.25, -0.2) is 0 Å². The van der Waals surface area contributed by atoms with Crippen LogP contribution in [0.4, 0.5) is 0 Å². The predicted octanol–water partition coefficient (Wildman–Crippen LogP) is 5.61. The zero-order chi connectivity index (χ0) is 19.4. The van der Waals surface area contributed by atoms with E-state index in [4.69, 9.17) is 17.7 Å². The van der Waals surface area contributed by atoms with Crippen LogP contribution < -0.4 is 0 Å². The topological polar surface area (TPSA) is 36.9 Å². The Bertz CT molecular complexity index is 344. The zero-order valence-corrected chi connectivity index (χ0v) is 20.2. The Balaban J connectivity index is 5.23. The first-order chi connectivity index (χ1) is 10.5. The Labute approximate surface area is 153 Å². The van der Waals surface area contributed by atoms with Crippen molar-refractivity contribution < 1.29 is 17.7 Å². The Morgan fingerprint density at radius 3 is 1.17 bits per heavy atom. The van der Waals surface area contributed by atoms with Crippen LogP contribution in [0.1, 0.15) is 69.2 Å². The molecule has 0 aromatic rings. The van der Waals surface area contributed by atoms with Gasteiger partial charge in [0, 0.05) is 12.2 Å². The van der Waals surface area contributed by atoms with E-state index in [-0.39, 0.29) is 23.4 Å². The first-order valence-corrected chi connectivity index (χ1v) is 14.3. The Kier molecular flexibility index (Phi) is 8.88. The summed E-state index contributed by atoms with van der Waals surface area (Å²) in [5.74, 6) is 0. The molecule has 0 fully saturated rings. The molecular formula is C18H42O4Si2. The lowest BCUT2D eigenvalue weighted by Gasteiger charge is -2.40. The third kappa shape index (κ3) is 11.8. The average Bonchev–Trinajstić information content (AvgIpc) is 2.18. The van der Waals surface area contributed by atoms with Crippen molar-refractivity contribution in [3.63, 3.8) is 0 Å². The van der Waals surface area contributed by atoms with Gasteiger partial charge in [-0.15, -0.1) is 0 Å². The highest BCUT2D eigenvalue weighted by molar-refractivity contribution is 6.71. The molecule has 24 heavy (non-hydrogen) atoms. The second-order valence-electron chi connectivity index (χ2n) is 9.53. The molecule has 0 bridgehead atoms. The van der Waals surface area contributed by atoms with Crippen molar-refractivity contribution in [3.05, 3.63) is 0 Å². The van der Waals surface area contributed by atoms with Gasteiger partial charge in [0.05, 0.1) is 11.2 Å². The van der Waals surface area contributed by atoms with E-state index in [2.05, 4.69) is 82.3 Å². The van der Waals surface area contributed by atoms with Crippen LogP contribution in [0.15, 0.2) is 0 Å². The summed E-state index contributed by atoms with van der Waals surface area (Å²) in [4.78, 5) is 0. The smallest absolute Gasteiger partial charge is 0.335 e. The fourth-order valence-electron chi connectivity index (χ4n) is 3.02. The summed E-state index contributed by atoms with van der Waals surface area (Å²) in [7, 11) is -4.62. The third-order valence-corrected chi connectivity index (χ3v) is 9.89. The maximum atomic E-state index is 6.43. The molecule has 0 N–H and O–H groups in total. The van der Waals surface area contributed by atoms with Gasteiger partial charge in [0.1, 0.15) is 0 Å². The van der Waals surface area contributed by atoms with Gasteiger partial charge in [-0.1, -0.05) is 0 Å². The fourth-order valence-corrected chi connectivity index (χ4v) is 11.8. The molecule has 0 atom stereocenters. The summed E-state index contributed by atoms with van der Waals surface area (Å²) >= 11 is 0. The van der Waals surface area contributed by atoms with Crippen LogP contribution >= 0.6 is 0 Å².